The van der Waals surface area contributed by atoms with Crippen molar-refractivity contribution in [2.45, 2.75) is 55.0 Å². The third kappa shape index (κ3) is 2.63. The van der Waals surface area contributed by atoms with Gasteiger partial charge in [-0.25, -0.2) is 4.68 Å². The van der Waals surface area contributed by atoms with Crippen LogP contribution in [0.3, 0.4) is 0 Å². The first kappa shape index (κ1) is 11.5. The quantitative estimate of drug-likeness (QED) is 0.826. The van der Waals surface area contributed by atoms with Crippen molar-refractivity contribution in [2.75, 3.05) is 13.2 Å². The van der Waals surface area contributed by atoms with E-state index < -0.39 is 0 Å². The molecule has 6 heteroatoms. The standard InChI is InChI=1S/C11H18N4OS/c1-2-4-10(3-1)17-11-12-13-14-15(11)9-5-7-16-8-6-9/h9-10H,1-8H2. The van der Waals surface area contributed by atoms with Crippen LogP contribution in [-0.4, -0.2) is 38.7 Å². The fourth-order valence-electron chi connectivity index (χ4n) is 2.58. The molecule has 0 N–H and O–H groups in total. The van der Waals surface area contributed by atoms with Crippen LogP contribution in [0.5, 0.6) is 0 Å². The summed E-state index contributed by atoms with van der Waals surface area (Å²) in [5.41, 5.74) is 0. The zero-order chi connectivity index (χ0) is 11.5. The monoisotopic (exact) mass is 254 g/mol. The van der Waals surface area contributed by atoms with Gasteiger partial charge in [0.1, 0.15) is 0 Å². The molecule has 1 saturated heterocycles. The Morgan fingerprint density at radius 2 is 1.88 bits per heavy atom. The van der Waals surface area contributed by atoms with Gasteiger partial charge in [-0.1, -0.05) is 24.6 Å². The van der Waals surface area contributed by atoms with Crippen LogP contribution in [0.25, 0.3) is 0 Å². The highest BCUT2D eigenvalue weighted by Gasteiger charge is 2.24. The van der Waals surface area contributed by atoms with Crippen LogP contribution in [0.15, 0.2) is 5.16 Å². The molecule has 5 nitrogen and oxygen atoms in total. The second kappa shape index (κ2) is 5.35. The van der Waals surface area contributed by atoms with Crippen molar-refractivity contribution in [3.63, 3.8) is 0 Å². The second-order valence-electron chi connectivity index (χ2n) is 4.77. The minimum absolute atomic E-state index is 0.433. The van der Waals surface area contributed by atoms with Crippen molar-refractivity contribution in [2.24, 2.45) is 0 Å². The molecule has 94 valence electrons. The first-order valence-electron chi connectivity index (χ1n) is 6.46. The first-order chi connectivity index (χ1) is 8.43. The van der Waals surface area contributed by atoms with Crippen LogP contribution in [-0.2, 0) is 4.74 Å². The molecule has 2 heterocycles. The van der Waals surface area contributed by atoms with Crippen LogP contribution in [0, 0.1) is 0 Å². The third-order valence-corrected chi connectivity index (χ3v) is 4.86. The van der Waals surface area contributed by atoms with Gasteiger partial charge in [0.15, 0.2) is 0 Å². The molecule has 1 saturated carbocycles. The Balaban J connectivity index is 1.69. The van der Waals surface area contributed by atoms with Gasteiger partial charge in [0, 0.05) is 18.5 Å². The molecule has 0 atom stereocenters. The summed E-state index contributed by atoms with van der Waals surface area (Å²) in [6.45, 7) is 1.66. The van der Waals surface area contributed by atoms with E-state index in [2.05, 4.69) is 15.5 Å². The van der Waals surface area contributed by atoms with Crippen molar-refractivity contribution in [3.05, 3.63) is 0 Å². The predicted octanol–water partition coefficient (Wildman–Crippen LogP) is 2.06. The van der Waals surface area contributed by atoms with E-state index in [-0.39, 0.29) is 0 Å². The van der Waals surface area contributed by atoms with E-state index in [1.807, 2.05) is 16.4 Å². The van der Waals surface area contributed by atoms with Crippen LogP contribution < -0.4 is 0 Å². The Hall–Kier alpha value is -0.620. The molecular formula is C11H18N4OS. The van der Waals surface area contributed by atoms with Gasteiger partial charge in [0.2, 0.25) is 5.16 Å². The zero-order valence-electron chi connectivity index (χ0n) is 9.92. The number of rotatable bonds is 3. The van der Waals surface area contributed by atoms with E-state index in [4.69, 9.17) is 4.74 Å². The van der Waals surface area contributed by atoms with Crippen molar-refractivity contribution in [3.8, 4) is 0 Å². The number of tetrazole rings is 1. The fraction of sp³-hybridized carbons (Fsp3) is 0.909. The summed E-state index contributed by atoms with van der Waals surface area (Å²) in [4.78, 5) is 0. The van der Waals surface area contributed by atoms with Crippen molar-refractivity contribution >= 4 is 11.8 Å². The van der Waals surface area contributed by atoms with Crippen LogP contribution in [0.1, 0.15) is 44.6 Å². The zero-order valence-corrected chi connectivity index (χ0v) is 10.7. The van der Waals surface area contributed by atoms with E-state index in [0.29, 0.717) is 6.04 Å². The maximum atomic E-state index is 5.38. The number of hydrogen-bond acceptors (Lipinski definition) is 5. The highest BCUT2D eigenvalue weighted by Crippen LogP contribution is 2.35. The molecule has 0 spiro atoms. The van der Waals surface area contributed by atoms with E-state index in [1.54, 1.807) is 0 Å². The molecule has 1 aliphatic carbocycles. The van der Waals surface area contributed by atoms with E-state index >= 15 is 0 Å². The summed E-state index contributed by atoms with van der Waals surface area (Å²) in [7, 11) is 0. The summed E-state index contributed by atoms with van der Waals surface area (Å²) < 4.78 is 7.40. The normalized spacial score (nSPS) is 23.3. The molecule has 3 rings (SSSR count). The Bertz CT molecular complexity index is 358. The minimum Gasteiger partial charge on any atom is -0.381 e. The van der Waals surface area contributed by atoms with Gasteiger partial charge in [-0.2, -0.15) is 0 Å². The maximum absolute atomic E-state index is 5.38. The Labute approximate surface area is 105 Å². The number of nitrogens with zero attached hydrogens (tertiary/aromatic N) is 4. The van der Waals surface area contributed by atoms with Crippen LogP contribution in [0.2, 0.25) is 0 Å². The van der Waals surface area contributed by atoms with Gasteiger partial charge in [0.25, 0.3) is 0 Å². The molecule has 2 fully saturated rings. The summed E-state index contributed by atoms with van der Waals surface area (Å²) in [5.74, 6) is 0. The summed E-state index contributed by atoms with van der Waals surface area (Å²) in [5, 5.41) is 13.9. The lowest BCUT2D eigenvalue weighted by atomic mass is 10.1. The average Bonchev–Trinajstić information content (AvgIpc) is 3.02. The smallest absolute Gasteiger partial charge is 0.209 e. The van der Waals surface area contributed by atoms with Gasteiger partial charge >= 0.3 is 0 Å². The van der Waals surface area contributed by atoms with Gasteiger partial charge in [-0.15, -0.1) is 5.10 Å². The summed E-state index contributed by atoms with van der Waals surface area (Å²) in [6.07, 6.45) is 7.40. The number of aromatic nitrogens is 4. The van der Waals surface area contributed by atoms with E-state index in [1.165, 1.54) is 25.7 Å². The highest BCUT2D eigenvalue weighted by molar-refractivity contribution is 7.99. The topological polar surface area (TPSA) is 52.8 Å². The lowest BCUT2D eigenvalue weighted by Gasteiger charge is -2.22. The van der Waals surface area contributed by atoms with Gasteiger partial charge in [0.05, 0.1) is 6.04 Å². The predicted molar refractivity (Wildman–Crippen MR) is 65.0 cm³/mol. The lowest BCUT2D eigenvalue weighted by Crippen LogP contribution is -2.21. The molecule has 0 amide bonds. The Morgan fingerprint density at radius 1 is 1.12 bits per heavy atom. The second-order valence-corrected chi connectivity index (χ2v) is 6.04. The number of hydrogen-bond donors (Lipinski definition) is 0. The van der Waals surface area contributed by atoms with Crippen LogP contribution >= 0.6 is 11.8 Å². The largest absolute Gasteiger partial charge is 0.381 e. The Morgan fingerprint density at radius 3 is 2.65 bits per heavy atom. The van der Waals surface area contributed by atoms with E-state index in [9.17, 15) is 0 Å². The summed E-state index contributed by atoms with van der Waals surface area (Å²) in [6, 6.07) is 0.433. The molecule has 0 bridgehead atoms. The molecular weight excluding hydrogens is 236 g/mol. The SMILES string of the molecule is C1CCC(Sc2nnnn2C2CCOCC2)C1. The first-order valence-corrected chi connectivity index (χ1v) is 7.34. The molecule has 0 radical (unpaired) electrons. The van der Waals surface area contributed by atoms with Gasteiger partial charge < -0.3 is 4.74 Å². The fourth-order valence-corrected chi connectivity index (χ4v) is 3.82. The lowest BCUT2D eigenvalue weighted by molar-refractivity contribution is 0.0631. The number of ether oxygens (including phenoxy) is 1. The van der Waals surface area contributed by atoms with Gasteiger partial charge in [-0.05, 0) is 36.1 Å². The van der Waals surface area contributed by atoms with Crippen LogP contribution in [0.4, 0.5) is 0 Å². The van der Waals surface area contributed by atoms with Gasteiger partial charge in [-0.3, -0.25) is 0 Å². The summed E-state index contributed by atoms with van der Waals surface area (Å²) >= 11 is 1.86. The molecule has 1 aromatic rings. The van der Waals surface area contributed by atoms with E-state index in [0.717, 1.165) is 36.5 Å². The van der Waals surface area contributed by atoms with Crippen molar-refractivity contribution in [1.29, 1.82) is 0 Å². The molecule has 1 aromatic heterocycles. The molecule has 0 aromatic carbocycles. The highest BCUT2D eigenvalue weighted by atomic mass is 32.2. The maximum Gasteiger partial charge on any atom is 0.209 e. The molecule has 17 heavy (non-hydrogen) atoms. The Kier molecular flexibility index (Phi) is 3.61. The molecule has 1 aliphatic heterocycles. The third-order valence-electron chi connectivity index (χ3n) is 3.57. The van der Waals surface area contributed by atoms with Crippen molar-refractivity contribution < 1.29 is 4.74 Å². The number of thioether (sulfide) groups is 1. The van der Waals surface area contributed by atoms with Crippen molar-refractivity contribution in [1.82, 2.24) is 20.2 Å². The average molecular weight is 254 g/mol. The minimum atomic E-state index is 0.433. The molecule has 2 aliphatic rings. The molecule has 0 unspecified atom stereocenters.